The second-order valence-corrected chi connectivity index (χ2v) is 3.50. The highest BCUT2D eigenvalue weighted by molar-refractivity contribution is 14.1. The lowest BCUT2D eigenvalue weighted by molar-refractivity contribution is -0.619. The Bertz CT molecular complexity index is 237. The van der Waals surface area contributed by atoms with Crippen LogP contribution in [0, 0.1) is 22.6 Å². The van der Waals surface area contributed by atoms with Gasteiger partial charge >= 0.3 is 0 Å². The van der Waals surface area contributed by atoms with E-state index in [0.717, 1.165) is 19.7 Å². The highest BCUT2D eigenvalue weighted by atomic mass is 127. The smallest absolute Gasteiger partial charge is 0.190 e. The van der Waals surface area contributed by atoms with Crippen LogP contribution < -0.4 is 4.73 Å². The number of halogens is 1. The predicted octanol–water partition coefficient (Wildman–Crippen LogP) is 1.54. The van der Waals surface area contributed by atoms with E-state index in [9.17, 15) is 5.21 Å². The maximum atomic E-state index is 11.0. The zero-order chi connectivity index (χ0) is 7.72. The number of rotatable bonds is 0. The van der Waals surface area contributed by atoms with E-state index in [1.807, 2.05) is 26.0 Å². The molecular formula is C7H8INO. The molecule has 0 aliphatic heterocycles. The summed E-state index contributed by atoms with van der Waals surface area (Å²) in [7, 11) is 0. The van der Waals surface area contributed by atoms with Crippen LogP contribution in [-0.2, 0) is 0 Å². The lowest BCUT2D eigenvalue weighted by Gasteiger charge is -2.03. The van der Waals surface area contributed by atoms with Gasteiger partial charge in [0.05, 0.1) is 0 Å². The minimum Gasteiger partial charge on any atom is -0.618 e. The van der Waals surface area contributed by atoms with Crippen molar-refractivity contribution in [3.63, 3.8) is 0 Å². The Morgan fingerprint density at radius 1 is 1.30 bits per heavy atom. The maximum Gasteiger partial charge on any atom is 0.190 e. The molecule has 2 nitrogen and oxygen atoms in total. The molecule has 0 unspecified atom stereocenters. The van der Waals surface area contributed by atoms with E-state index in [-0.39, 0.29) is 0 Å². The SMILES string of the molecule is Cc1cc(I)cc(C)[n+]1[O-]. The molecule has 1 rings (SSSR count). The monoisotopic (exact) mass is 249 g/mol. The molecule has 0 saturated carbocycles. The number of nitrogens with zero attached hydrogens (tertiary/aromatic N) is 1. The van der Waals surface area contributed by atoms with E-state index in [1.54, 1.807) is 0 Å². The molecule has 10 heavy (non-hydrogen) atoms. The molecule has 0 aliphatic carbocycles. The van der Waals surface area contributed by atoms with E-state index in [4.69, 9.17) is 0 Å². The summed E-state index contributed by atoms with van der Waals surface area (Å²) < 4.78 is 2.04. The van der Waals surface area contributed by atoms with Crippen molar-refractivity contribution in [2.75, 3.05) is 0 Å². The van der Waals surface area contributed by atoms with Gasteiger partial charge < -0.3 is 5.21 Å². The number of aryl methyl sites for hydroxylation is 2. The summed E-state index contributed by atoms with van der Waals surface area (Å²) in [6, 6.07) is 3.72. The Morgan fingerprint density at radius 2 is 1.70 bits per heavy atom. The van der Waals surface area contributed by atoms with Crippen molar-refractivity contribution >= 4 is 22.6 Å². The average Bonchev–Trinajstić information content (AvgIpc) is 1.82. The largest absolute Gasteiger partial charge is 0.618 e. The van der Waals surface area contributed by atoms with Gasteiger partial charge in [0, 0.05) is 29.6 Å². The first-order valence-electron chi connectivity index (χ1n) is 2.97. The van der Waals surface area contributed by atoms with Gasteiger partial charge in [0.2, 0.25) is 0 Å². The molecule has 0 spiro atoms. The number of aromatic nitrogens is 1. The third kappa shape index (κ3) is 1.39. The van der Waals surface area contributed by atoms with Crippen molar-refractivity contribution in [2.24, 2.45) is 0 Å². The second-order valence-electron chi connectivity index (χ2n) is 2.25. The number of hydrogen-bond donors (Lipinski definition) is 0. The highest BCUT2D eigenvalue weighted by Crippen LogP contribution is 2.05. The van der Waals surface area contributed by atoms with Crippen LogP contribution in [0.3, 0.4) is 0 Å². The molecule has 54 valence electrons. The minimum absolute atomic E-state index is 0.754. The molecule has 0 bridgehead atoms. The zero-order valence-corrected chi connectivity index (χ0v) is 8.05. The summed E-state index contributed by atoms with van der Waals surface area (Å²) in [6.07, 6.45) is 0. The molecule has 0 amide bonds. The maximum absolute atomic E-state index is 11.0. The average molecular weight is 249 g/mol. The molecule has 0 atom stereocenters. The van der Waals surface area contributed by atoms with Gasteiger partial charge in [0.25, 0.3) is 0 Å². The first-order valence-corrected chi connectivity index (χ1v) is 4.05. The first-order chi connectivity index (χ1) is 4.61. The molecule has 1 aromatic heterocycles. The summed E-state index contributed by atoms with van der Waals surface area (Å²) in [5, 5.41) is 11.0. The molecule has 1 aromatic rings. The van der Waals surface area contributed by atoms with Gasteiger partial charge in [-0.05, 0) is 22.6 Å². The van der Waals surface area contributed by atoms with Crippen LogP contribution in [0.25, 0.3) is 0 Å². The summed E-state index contributed by atoms with van der Waals surface area (Å²) in [6.45, 7) is 3.62. The van der Waals surface area contributed by atoms with E-state index in [0.29, 0.717) is 0 Å². The van der Waals surface area contributed by atoms with Crippen LogP contribution in [0.5, 0.6) is 0 Å². The van der Waals surface area contributed by atoms with E-state index in [2.05, 4.69) is 22.6 Å². The van der Waals surface area contributed by atoms with Gasteiger partial charge in [-0.25, -0.2) is 0 Å². The fraction of sp³-hybridized carbons (Fsp3) is 0.286. The fourth-order valence-electron chi connectivity index (χ4n) is 0.836. The van der Waals surface area contributed by atoms with Gasteiger partial charge in [-0.1, -0.05) is 0 Å². The van der Waals surface area contributed by atoms with Crippen molar-refractivity contribution in [3.05, 3.63) is 32.3 Å². The molecule has 0 saturated heterocycles. The zero-order valence-electron chi connectivity index (χ0n) is 5.89. The van der Waals surface area contributed by atoms with E-state index >= 15 is 0 Å². The van der Waals surface area contributed by atoms with Crippen LogP contribution in [0.2, 0.25) is 0 Å². The standard InChI is InChI=1S/C7H8INO/c1-5-3-7(8)4-6(2)9(5)10/h3-4H,1-2H3. The normalized spacial score (nSPS) is 9.90. The summed E-state index contributed by atoms with van der Waals surface area (Å²) in [4.78, 5) is 0. The minimum atomic E-state index is 0.754. The van der Waals surface area contributed by atoms with Crippen molar-refractivity contribution in [2.45, 2.75) is 13.8 Å². The summed E-state index contributed by atoms with van der Waals surface area (Å²) in [5.74, 6) is 0. The predicted molar refractivity (Wildman–Crippen MR) is 47.6 cm³/mol. The lowest BCUT2D eigenvalue weighted by atomic mass is 10.3. The Balaban J connectivity index is 3.31. The fourth-order valence-corrected chi connectivity index (χ4v) is 1.74. The third-order valence-corrected chi connectivity index (χ3v) is 1.96. The van der Waals surface area contributed by atoms with Crippen LogP contribution in [0.1, 0.15) is 11.4 Å². The molecule has 0 aromatic carbocycles. The van der Waals surface area contributed by atoms with Gasteiger partial charge in [-0.2, -0.15) is 4.73 Å². The molecule has 0 fully saturated rings. The quantitative estimate of drug-likeness (QED) is 0.389. The van der Waals surface area contributed by atoms with Gasteiger partial charge in [0.15, 0.2) is 11.4 Å². The topological polar surface area (TPSA) is 26.9 Å². The molecule has 0 N–H and O–H groups in total. The van der Waals surface area contributed by atoms with E-state index in [1.165, 1.54) is 0 Å². The Hall–Kier alpha value is -0.320. The molecule has 1 heterocycles. The molecule has 3 heteroatoms. The summed E-state index contributed by atoms with van der Waals surface area (Å²) in [5.41, 5.74) is 1.51. The lowest BCUT2D eigenvalue weighted by Crippen LogP contribution is -2.33. The Labute approximate surface area is 73.6 Å². The molecule has 0 radical (unpaired) electrons. The van der Waals surface area contributed by atoms with Crippen LogP contribution in [-0.4, -0.2) is 0 Å². The van der Waals surface area contributed by atoms with Gasteiger partial charge in [-0.3, -0.25) is 0 Å². The van der Waals surface area contributed by atoms with Gasteiger partial charge in [-0.15, -0.1) is 0 Å². The second kappa shape index (κ2) is 2.74. The van der Waals surface area contributed by atoms with Crippen molar-refractivity contribution in [1.29, 1.82) is 0 Å². The Morgan fingerprint density at radius 3 is 2.10 bits per heavy atom. The van der Waals surface area contributed by atoms with Crippen LogP contribution in [0.4, 0.5) is 0 Å². The number of pyridine rings is 1. The van der Waals surface area contributed by atoms with Crippen molar-refractivity contribution in [3.8, 4) is 0 Å². The molecular weight excluding hydrogens is 241 g/mol. The van der Waals surface area contributed by atoms with Crippen molar-refractivity contribution in [1.82, 2.24) is 0 Å². The van der Waals surface area contributed by atoms with Crippen molar-refractivity contribution < 1.29 is 4.73 Å². The van der Waals surface area contributed by atoms with Crippen LogP contribution in [0.15, 0.2) is 12.1 Å². The van der Waals surface area contributed by atoms with Crippen LogP contribution >= 0.6 is 22.6 Å². The van der Waals surface area contributed by atoms with Gasteiger partial charge in [0.1, 0.15) is 0 Å². The highest BCUT2D eigenvalue weighted by Gasteiger charge is 2.03. The third-order valence-electron chi connectivity index (χ3n) is 1.33. The first kappa shape index (κ1) is 7.78. The summed E-state index contributed by atoms with van der Waals surface area (Å²) >= 11 is 2.20. The van der Waals surface area contributed by atoms with E-state index < -0.39 is 0 Å². The molecule has 0 aliphatic rings. The number of hydrogen-bond acceptors (Lipinski definition) is 1. The Kier molecular flexibility index (Phi) is 2.13.